The maximum Gasteiger partial charge on any atom is 0.423 e. The molecule has 0 radical (unpaired) electrons. The van der Waals surface area contributed by atoms with Crippen molar-refractivity contribution in [3.8, 4) is 0 Å². The molecule has 13 heteroatoms. The molecule has 6 rings (SSSR count). The van der Waals surface area contributed by atoms with Crippen molar-refractivity contribution >= 4 is 17.3 Å². The van der Waals surface area contributed by atoms with Crippen LogP contribution in [0.4, 0.5) is 24.5 Å². The molecule has 4 saturated carbocycles. The summed E-state index contributed by atoms with van der Waals surface area (Å²) in [6, 6.07) is 3.13. The van der Waals surface area contributed by atoms with E-state index in [0.717, 1.165) is 75.6 Å². The number of carboxylic acid groups (broad SMARTS) is 1. The largest absolute Gasteiger partial charge is 0.481 e. The van der Waals surface area contributed by atoms with Crippen LogP contribution in [0.1, 0.15) is 109 Å². The van der Waals surface area contributed by atoms with Gasteiger partial charge in [-0.1, -0.05) is 26.0 Å². The van der Waals surface area contributed by atoms with Gasteiger partial charge in [-0.15, -0.1) is 5.10 Å². The van der Waals surface area contributed by atoms with Crippen LogP contribution in [-0.4, -0.2) is 48.7 Å². The summed E-state index contributed by atoms with van der Waals surface area (Å²) in [7, 11) is 0. The molecule has 2 aromatic rings. The zero-order valence-electron chi connectivity index (χ0n) is 28.7. The van der Waals surface area contributed by atoms with Crippen molar-refractivity contribution < 1.29 is 33.1 Å². The van der Waals surface area contributed by atoms with Crippen molar-refractivity contribution in [3.63, 3.8) is 0 Å². The van der Waals surface area contributed by atoms with E-state index >= 15 is 0 Å². The van der Waals surface area contributed by atoms with Gasteiger partial charge in [0.05, 0.1) is 22.8 Å². The van der Waals surface area contributed by atoms with E-state index in [1.165, 1.54) is 6.07 Å². The first-order valence-electron chi connectivity index (χ1n) is 18.0. The van der Waals surface area contributed by atoms with Gasteiger partial charge in [-0.05, 0) is 129 Å². The summed E-state index contributed by atoms with van der Waals surface area (Å²) in [6.07, 6.45) is 7.26. The Bertz CT molecular complexity index is 1530. The second-order valence-electron chi connectivity index (χ2n) is 16.1. The van der Waals surface area contributed by atoms with E-state index in [2.05, 4.69) is 36.4 Å². The molecule has 270 valence electrons. The summed E-state index contributed by atoms with van der Waals surface area (Å²) in [4.78, 5) is 21.3. The number of nitrogens with zero attached hydrogens (tertiary/aromatic N) is 4. The number of anilines is 1. The highest BCUT2D eigenvalue weighted by Crippen LogP contribution is 2.69. The standard InChI is InChI=1S/C36H50F3N5O5/c1-21(6-11-32(46)47)26-8-9-27-33-28(13-15-35(26,27)3)34(2)14-12-25(17-22(34)18-31(33)45)43-20-24(41-42-43)5-4-16-40-23-7-10-30(44(48)49)29(19-23)36(37,38)39/h7,10,19-22,25-28,31,33,40,45H,4-6,8-9,11-18H2,1-3H3,(H,46,47)/t21-,22+,25-,26-,27+,28+,31+,33+,34+,35-/m1/s1. The molecule has 1 aromatic carbocycles. The molecule has 3 N–H and O–H groups in total. The third kappa shape index (κ3) is 6.80. The third-order valence-corrected chi connectivity index (χ3v) is 13.6. The predicted molar refractivity (Wildman–Crippen MR) is 177 cm³/mol. The summed E-state index contributed by atoms with van der Waals surface area (Å²) in [5, 5.41) is 43.8. The fourth-order valence-corrected chi connectivity index (χ4v) is 11.1. The molecular formula is C36H50F3N5O5. The van der Waals surface area contributed by atoms with Gasteiger partial charge in [-0.3, -0.25) is 14.9 Å². The smallest absolute Gasteiger partial charge is 0.423 e. The number of benzene rings is 1. The number of hydrogen-bond acceptors (Lipinski definition) is 7. The molecule has 0 aliphatic heterocycles. The fourth-order valence-electron chi connectivity index (χ4n) is 11.1. The fraction of sp³-hybridized carbons (Fsp3) is 0.750. The second-order valence-corrected chi connectivity index (χ2v) is 16.1. The molecule has 0 saturated heterocycles. The minimum atomic E-state index is -4.83. The Morgan fingerprint density at radius 1 is 1.14 bits per heavy atom. The van der Waals surface area contributed by atoms with Crippen molar-refractivity contribution in [2.45, 2.75) is 116 Å². The SMILES string of the molecule is C[C@H](CCC(=O)O)[C@H]1CC[C@H]2[C@@H]3[C@@H](O)C[C@@H]4C[C@H](n5cc(CCCNc6ccc([N+](=O)[O-])c(C(F)(F)F)c6)nn5)CC[C@]4(C)[C@H]3CC[C@]12C. The summed E-state index contributed by atoms with van der Waals surface area (Å²) >= 11 is 0. The quantitative estimate of drug-likeness (QED) is 0.123. The van der Waals surface area contributed by atoms with Crippen molar-refractivity contribution in [3.05, 3.63) is 45.8 Å². The molecule has 10 atom stereocenters. The molecule has 1 heterocycles. The van der Waals surface area contributed by atoms with E-state index in [0.29, 0.717) is 54.9 Å². The molecule has 10 nitrogen and oxygen atoms in total. The number of aromatic nitrogens is 3. The molecular weight excluding hydrogens is 639 g/mol. The number of aryl methyl sites for hydroxylation is 1. The number of carbonyl (C=O) groups is 1. The number of aliphatic hydroxyl groups excluding tert-OH is 1. The molecule has 0 amide bonds. The van der Waals surface area contributed by atoms with E-state index in [1.807, 2.05) is 10.9 Å². The minimum Gasteiger partial charge on any atom is -0.481 e. The second kappa shape index (κ2) is 13.5. The first-order valence-corrected chi connectivity index (χ1v) is 18.0. The van der Waals surface area contributed by atoms with Crippen LogP contribution in [0.15, 0.2) is 24.4 Å². The van der Waals surface area contributed by atoms with Crippen LogP contribution in [0.2, 0.25) is 0 Å². The first-order chi connectivity index (χ1) is 23.1. The number of rotatable bonds is 11. The van der Waals surface area contributed by atoms with Crippen molar-refractivity contribution in [2.75, 3.05) is 11.9 Å². The number of aliphatic hydroxyl groups is 1. The average molecular weight is 690 g/mol. The monoisotopic (exact) mass is 689 g/mol. The molecule has 4 aliphatic rings. The Kier molecular flexibility index (Phi) is 9.80. The Morgan fingerprint density at radius 3 is 2.59 bits per heavy atom. The van der Waals surface area contributed by atoms with Gasteiger partial charge >= 0.3 is 12.1 Å². The average Bonchev–Trinajstić information content (AvgIpc) is 3.66. The number of nitro groups is 1. The van der Waals surface area contributed by atoms with Gasteiger partial charge in [0.25, 0.3) is 5.69 Å². The predicted octanol–water partition coefficient (Wildman–Crippen LogP) is 7.92. The summed E-state index contributed by atoms with van der Waals surface area (Å²) in [6.45, 7) is 7.49. The van der Waals surface area contributed by atoms with Gasteiger partial charge in [-0.2, -0.15) is 13.2 Å². The summed E-state index contributed by atoms with van der Waals surface area (Å²) < 4.78 is 41.9. The van der Waals surface area contributed by atoms with Crippen LogP contribution >= 0.6 is 0 Å². The van der Waals surface area contributed by atoms with Crippen LogP contribution in [0.5, 0.6) is 0 Å². The van der Waals surface area contributed by atoms with Crippen LogP contribution < -0.4 is 5.32 Å². The normalized spacial score (nSPS) is 34.8. The van der Waals surface area contributed by atoms with E-state index in [4.69, 9.17) is 0 Å². The highest BCUT2D eigenvalue weighted by Gasteiger charge is 2.63. The lowest BCUT2D eigenvalue weighted by Crippen LogP contribution is -2.58. The number of nitrogens with one attached hydrogen (secondary N) is 1. The minimum absolute atomic E-state index is 0.154. The Balaban J connectivity index is 1.04. The van der Waals surface area contributed by atoms with Gasteiger partial charge in [0.15, 0.2) is 0 Å². The van der Waals surface area contributed by atoms with E-state index < -0.39 is 28.3 Å². The van der Waals surface area contributed by atoms with E-state index in [-0.39, 0.29) is 35.1 Å². The highest BCUT2D eigenvalue weighted by atomic mass is 19.4. The van der Waals surface area contributed by atoms with Gasteiger partial charge in [0, 0.05) is 30.9 Å². The number of carboxylic acids is 1. The maximum atomic E-state index is 13.3. The zero-order valence-corrected chi connectivity index (χ0v) is 28.7. The summed E-state index contributed by atoms with van der Waals surface area (Å²) in [5.74, 6) is 1.80. The lowest BCUT2D eigenvalue weighted by atomic mass is 9.43. The van der Waals surface area contributed by atoms with Gasteiger partial charge in [0.2, 0.25) is 0 Å². The molecule has 0 spiro atoms. The topological polar surface area (TPSA) is 143 Å². The van der Waals surface area contributed by atoms with Crippen molar-refractivity contribution in [1.82, 2.24) is 15.0 Å². The van der Waals surface area contributed by atoms with Crippen molar-refractivity contribution in [2.24, 2.45) is 46.3 Å². The highest BCUT2D eigenvalue weighted by molar-refractivity contribution is 5.66. The van der Waals surface area contributed by atoms with Crippen LogP contribution in [-0.2, 0) is 17.4 Å². The Labute approximate surface area is 285 Å². The zero-order chi connectivity index (χ0) is 35.3. The number of aliphatic carboxylic acids is 1. The summed E-state index contributed by atoms with van der Waals surface area (Å²) in [5.41, 5.74) is -0.953. The van der Waals surface area contributed by atoms with Crippen LogP contribution in [0.3, 0.4) is 0 Å². The molecule has 0 bridgehead atoms. The van der Waals surface area contributed by atoms with Gasteiger partial charge < -0.3 is 15.5 Å². The lowest BCUT2D eigenvalue weighted by molar-refractivity contribution is -0.388. The van der Waals surface area contributed by atoms with Gasteiger partial charge in [-0.25, -0.2) is 4.68 Å². The molecule has 49 heavy (non-hydrogen) atoms. The van der Waals surface area contributed by atoms with Crippen molar-refractivity contribution in [1.29, 1.82) is 0 Å². The van der Waals surface area contributed by atoms with Crippen LogP contribution in [0.25, 0.3) is 0 Å². The van der Waals surface area contributed by atoms with E-state index in [9.17, 15) is 38.3 Å². The molecule has 4 fully saturated rings. The van der Waals surface area contributed by atoms with E-state index in [1.54, 1.807) is 0 Å². The molecule has 1 aromatic heterocycles. The number of hydrogen-bond donors (Lipinski definition) is 3. The number of nitro benzene ring substituents is 1. The Morgan fingerprint density at radius 2 is 1.88 bits per heavy atom. The lowest BCUT2D eigenvalue weighted by Gasteiger charge is -2.62. The number of halogens is 3. The molecule has 4 aliphatic carbocycles. The maximum absolute atomic E-state index is 13.3. The van der Waals surface area contributed by atoms with Gasteiger partial charge in [0.1, 0.15) is 5.56 Å². The third-order valence-electron chi connectivity index (χ3n) is 13.6. The number of alkyl halides is 3. The molecule has 0 unspecified atom stereocenters. The first kappa shape index (κ1) is 35.6. The Hall–Kier alpha value is -3.22. The van der Waals surface area contributed by atoms with Crippen LogP contribution in [0, 0.1) is 56.5 Å². The number of fused-ring (bicyclic) bond motifs is 5.